The molecule has 1 atom stereocenters. The van der Waals surface area contributed by atoms with E-state index in [0.29, 0.717) is 12.5 Å². The first kappa shape index (κ1) is 16.0. The molecule has 0 aromatic rings. The first-order valence-electron chi connectivity index (χ1n) is 7.03. The van der Waals surface area contributed by atoms with Crippen molar-refractivity contribution in [3.05, 3.63) is 0 Å². The van der Waals surface area contributed by atoms with E-state index in [1.54, 1.807) is 13.8 Å². The summed E-state index contributed by atoms with van der Waals surface area (Å²) in [4.78, 5) is 24.9. The van der Waals surface area contributed by atoms with E-state index in [9.17, 15) is 9.59 Å². The van der Waals surface area contributed by atoms with Gasteiger partial charge in [0, 0.05) is 18.0 Å². The number of nitrogens with zero attached hydrogens (tertiary/aromatic N) is 1. The number of aliphatic carboxylic acids is 1. The van der Waals surface area contributed by atoms with Gasteiger partial charge >= 0.3 is 5.97 Å². The molecule has 1 amide bonds. The number of amides is 1. The number of rotatable bonds is 6. The Labute approximate surface area is 115 Å². The van der Waals surface area contributed by atoms with Crippen molar-refractivity contribution in [2.75, 3.05) is 13.6 Å². The Hall–Kier alpha value is -1.10. The van der Waals surface area contributed by atoms with E-state index in [-0.39, 0.29) is 12.3 Å². The number of hydrogen-bond acceptors (Lipinski definition) is 3. The Balaban J connectivity index is 2.32. The number of carboxylic acids is 1. The van der Waals surface area contributed by atoms with Gasteiger partial charge in [-0.15, -0.1) is 0 Å². The van der Waals surface area contributed by atoms with Crippen molar-refractivity contribution in [3.8, 4) is 0 Å². The van der Waals surface area contributed by atoms with E-state index < -0.39 is 11.5 Å². The van der Waals surface area contributed by atoms with E-state index >= 15 is 0 Å². The maximum atomic E-state index is 11.9. The van der Waals surface area contributed by atoms with Crippen LogP contribution >= 0.6 is 0 Å². The van der Waals surface area contributed by atoms with Gasteiger partial charge in [0.25, 0.3) is 0 Å². The number of likely N-dealkylation sites (tertiary alicyclic amines) is 1. The Morgan fingerprint density at radius 3 is 2.63 bits per heavy atom. The molecule has 2 N–H and O–H groups in total. The summed E-state index contributed by atoms with van der Waals surface area (Å²) in [7, 11) is 2.11. The fraction of sp³-hybridized carbons (Fsp3) is 0.857. The largest absolute Gasteiger partial charge is 0.481 e. The minimum absolute atomic E-state index is 0.0507. The predicted molar refractivity (Wildman–Crippen MR) is 74.0 cm³/mol. The fourth-order valence-electron chi connectivity index (χ4n) is 2.67. The lowest BCUT2D eigenvalue weighted by atomic mass is 9.97. The summed E-state index contributed by atoms with van der Waals surface area (Å²) in [5.74, 6) is -0.942. The summed E-state index contributed by atoms with van der Waals surface area (Å²) >= 11 is 0. The Morgan fingerprint density at radius 2 is 2.05 bits per heavy atom. The zero-order chi connectivity index (χ0) is 14.5. The van der Waals surface area contributed by atoms with Crippen molar-refractivity contribution in [2.24, 2.45) is 0 Å². The van der Waals surface area contributed by atoms with Gasteiger partial charge in [-0.2, -0.15) is 0 Å². The Morgan fingerprint density at radius 1 is 1.37 bits per heavy atom. The molecule has 0 aliphatic carbocycles. The molecule has 1 aliphatic heterocycles. The highest BCUT2D eigenvalue weighted by molar-refractivity contribution is 5.78. The molecule has 1 unspecified atom stereocenters. The van der Waals surface area contributed by atoms with Crippen LogP contribution in [-0.2, 0) is 9.59 Å². The molecule has 1 heterocycles. The van der Waals surface area contributed by atoms with Gasteiger partial charge in [0.15, 0.2) is 0 Å². The topological polar surface area (TPSA) is 69.6 Å². The average molecular weight is 270 g/mol. The van der Waals surface area contributed by atoms with E-state index in [0.717, 1.165) is 19.4 Å². The van der Waals surface area contributed by atoms with Gasteiger partial charge in [0.1, 0.15) is 0 Å². The summed E-state index contributed by atoms with van der Waals surface area (Å²) in [5, 5.41) is 11.6. The van der Waals surface area contributed by atoms with Crippen molar-refractivity contribution >= 4 is 11.9 Å². The van der Waals surface area contributed by atoms with Crippen molar-refractivity contribution in [2.45, 2.75) is 64.0 Å². The Bertz CT molecular complexity index is 329. The standard InChI is InChI=1S/C14H26N2O3/c1-14(2,10-13(18)19)15-12(17)8-7-11-6-4-5-9-16(11)3/h11H,4-10H2,1-3H3,(H,15,17)(H,18,19). The molecule has 5 nitrogen and oxygen atoms in total. The smallest absolute Gasteiger partial charge is 0.305 e. The van der Waals surface area contributed by atoms with Crippen LogP contribution in [-0.4, -0.2) is 47.1 Å². The Kier molecular flexibility index (Phi) is 5.79. The van der Waals surface area contributed by atoms with Gasteiger partial charge in [-0.3, -0.25) is 9.59 Å². The molecule has 0 aromatic carbocycles. The van der Waals surface area contributed by atoms with Crippen molar-refractivity contribution < 1.29 is 14.7 Å². The van der Waals surface area contributed by atoms with E-state index in [1.807, 2.05) is 0 Å². The second-order valence-corrected chi connectivity index (χ2v) is 6.17. The van der Waals surface area contributed by atoms with Crippen LogP contribution in [0.1, 0.15) is 52.4 Å². The first-order chi connectivity index (χ1) is 8.80. The molecule has 1 saturated heterocycles. The summed E-state index contributed by atoms with van der Waals surface area (Å²) in [6.07, 6.45) is 4.90. The minimum Gasteiger partial charge on any atom is -0.481 e. The molecule has 0 saturated carbocycles. The van der Waals surface area contributed by atoms with Crippen LogP contribution in [0.5, 0.6) is 0 Å². The number of carbonyl (C=O) groups is 2. The predicted octanol–water partition coefficient (Wildman–Crippen LogP) is 1.62. The molecule has 0 aromatic heterocycles. The van der Waals surface area contributed by atoms with Gasteiger partial charge in [-0.25, -0.2) is 0 Å². The maximum absolute atomic E-state index is 11.9. The fourth-order valence-corrected chi connectivity index (χ4v) is 2.67. The lowest BCUT2D eigenvalue weighted by molar-refractivity contribution is -0.138. The maximum Gasteiger partial charge on any atom is 0.305 e. The average Bonchev–Trinajstić information content (AvgIpc) is 2.25. The van der Waals surface area contributed by atoms with Gasteiger partial charge in [-0.05, 0) is 46.7 Å². The molecule has 0 spiro atoms. The third-order valence-electron chi connectivity index (χ3n) is 3.70. The number of carbonyl (C=O) groups excluding carboxylic acids is 1. The summed E-state index contributed by atoms with van der Waals surface area (Å²) in [6.45, 7) is 4.59. The molecule has 1 rings (SSSR count). The molecule has 0 bridgehead atoms. The van der Waals surface area contributed by atoms with Crippen LogP contribution in [0.3, 0.4) is 0 Å². The molecular weight excluding hydrogens is 244 g/mol. The van der Waals surface area contributed by atoms with E-state index in [2.05, 4.69) is 17.3 Å². The van der Waals surface area contributed by atoms with Gasteiger partial charge < -0.3 is 15.3 Å². The van der Waals surface area contributed by atoms with E-state index in [1.165, 1.54) is 12.8 Å². The number of piperidine rings is 1. The van der Waals surface area contributed by atoms with Crippen LogP contribution in [0.2, 0.25) is 0 Å². The summed E-state index contributed by atoms with van der Waals surface area (Å²) < 4.78 is 0. The molecule has 0 radical (unpaired) electrons. The number of carboxylic acid groups (broad SMARTS) is 1. The molecular formula is C14H26N2O3. The third kappa shape index (κ3) is 6.05. The van der Waals surface area contributed by atoms with Gasteiger partial charge in [0.05, 0.1) is 6.42 Å². The quantitative estimate of drug-likeness (QED) is 0.769. The monoisotopic (exact) mass is 270 g/mol. The zero-order valence-corrected chi connectivity index (χ0v) is 12.2. The van der Waals surface area contributed by atoms with Gasteiger partial charge in [0.2, 0.25) is 5.91 Å². The second-order valence-electron chi connectivity index (χ2n) is 6.17. The van der Waals surface area contributed by atoms with Gasteiger partial charge in [-0.1, -0.05) is 6.42 Å². The van der Waals surface area contributed by atoms with Crippen molar-refractivity contribution in [1.82, 2.24) is 10.2 Å². The van der Waals surface area contributed by atoms with Crippen LogP contribution in [0.25, 0.3) is 0 Å². The number of hydrogen-bond donors (Lipinski definition) is 2. The van der Waals surface area contributed by atoms with Crippen LogP contribution in [0.4, 0.5) is 0 Å². The molecule has 1 fully saturated rings. The van der Waals surface area contributed by atoms with Crippen molar-refractivity contribution in [3.63, 3.8) is 0 Å². The van der Waals surface area contributed by atoms with E-state index in [4.69, 9.17) is 5.11 Å². The molecule has 5 heteroatoms. The first-order valence-corrected chi connectivity index (χ1v) is 7.03. The lowest BCUT2D eigenvalue weighted by Gasteiger charge is -2.32. The summed E-state index contributed by atoms with van der Waals surface area (Å²) in [6, 6.07) is 0.488. The van der Waals surface area contributed by atoms with Crippen LogP contribution in [0.15, 0.2) is 0 Å². The molecule has 1 aliphatic rings. The lowest BCUT2D eigenvalue weighted by Crippen LogP contribution is -2.45. The number of nitrogens with one attached hydrogen (secondary N) is 1. The normalized spacial score (nSPS) is 21.1. The zero-order valence-electron chi connectivity index (χ0n) is 12.2. The molecule has 110 valence electrons. The third-order valence-corrected chi connectivity index (χ3v) is 3.70. The van der Waals surface area contributed by atoms with Crippen molar-refractivity contribution in [1.29, 1.82) is 0 Å². The van der Waals surface area contributed by atoms with Crippen LogP contribution < -0.4 is 5.32 Å². The minimum atomic E-state index is -0.891. The molecule has 19 heavy (non-hydrogen) atoms. The second kappa shape index (κ2) is 6.89. The summed E-state index contributed by atoms with van der Waals surface area (Å²) in [5.41, 5.74) is -0.679. The highest BCUT2D eigenvalue weighted by Gasteiger charge is 2.25. The highest BCUT2D eigenvalue weighted by atomic mass is 16.4. The van der Waals surface area contributed by atoms with Crippen LogP contribution in [0, 0.1) is 0 Å². The highest BCUT2D eigenvalue weighted by Crippen LogP contribution is 2.19. The SMILES string of the molecule is CN1CCCCC1CCC(=O)NC(C)(C)CC(=O)O.